The highest BCUT2D eigenvalue weighted by Crippen LogP contribution is 2.29. The molecule has 16 heavy (non-hydrogen) atoms. The molecule has 6 heteroatoms. The van der Waals surface area contributed by atoms with Crippen molar-refractivity contribution in [3.8, 4) is 0 Å². The van der Waals surface area contributed by atoms with Gasteiger partial charge in [0.15, 0.2) is 0 Å². The summed E-state index contributed by atoms with van der Waals surface area (Å²) in [5.74, 6) is -0.0138. The molecule has 5 nitrogen and oxygen atoms in total. The van der Waals surface area contributed by atoms with Crippen LogP contribution in [0.25, 0.3) is 0 Å². The van der Waals surface area contributed by atoms with Crippen molar-refractivity contribution in [2.45, 2.75) is 31.0 Å². The fourth-order valence-electron chi connectivity index (χ4n) is 1.98. The van der Waals surface area contributed by atoms with Crippen LogP contribution >= 0.6 is 0 Å². The molecule has 0 spiro atoms. The SMILES string of the molecule is COC1(C(O)CCS(C)(=O)=O)CCOCC1. The number of hydrogen-bond acceptors (Lipinski definition) is 5. The predicted octanol–water partition coefficient (Wildman–Crippen LogP) is -0.0224. The van der Waals surface area contributed by atoms with Crippen LogP contribution in [-0.2, 0) is 19.3 Å². The molecule has 1 fully saturated rings. The van der Waals surface area contributed by atoms with Crippen molar-refractivity contribution in [3.63, 3.8) is 0 Å². The zero-order valence-electron chi connectivity index (χ0n) is 9.81. The smallest absolute Gasteiger partial charge is 0.147 e. The second-order valence-corrected chi connectivity index (χ2v) is 6.58. The Kier molecular flexibility index (Phi) is 4.73. The van der Waals surface area contributed by atoms with Crippen LogP contribution in [0.4, 0.5) is 0 Å². The zero-order valence-corrected chi connectivity index (χ0v) is 10.6. The summed E-state index contributed by atoms with van der Waals surface area (Å²) in [6.45, 7) is 1.09. The third-order valence-corrected chi connectivity index (χ3v) is 4.09. The predicted molar refractivity (Wildman–Crippen MR) is 60.1 cm³/mol. The summed E-state index contributed by atoms with van der Waals surface area (Å²) in [5, 5.41) is 10.0. The van der Waals surface area contributed by atoms with Crippen molar-refractivity contribution in [1.82, 2.24) is 0 Å². The summed E-state index contributed by atoms with van der Waals surface area (Å²) in [4.78, 5) is 0. The lowest BCUT2D eigenvalue weighted by Crippen LogP contribution is -2.49. The molecular formula is C10H20O5S. The van der Waals surface area contributed by atoms with Gasteiger partial charge in [0.2, 0.25) is 0 Å². The van der Waals surface area contributed by atoms with E-state index in [1.807, 2.05) is 0 Å². The maximum Gasteiger partial charge on any atom is 0.147 e. The van der Waals surface area contributed by atoms with E-state index in [2.05, 4.69) is 0 Å². The quantitative estimate of drug-likeness (QED) is 0.744. The van der Waals surface area contributed by atoms with Crippen LogP contribution in [0, 0.1) is 0 Å². The Morgan fingerprint density at radius 1 is 1.44 bits per heavy atom. The van der Waals surface area contributed by atoms with Crippen LogP contribution in [0.1, 0.15) is 19.3 Å². The van der Waals surface area contributed by atoms with Gasteiger partial charge in [-0.15, -0.1) is 0 Å². The summed E-state index contributed by atoms with van der Waals surface area (Å²) in [7, 11) is -1.49. The summed E-state index contributed by atoms with van der Waals surface area (Å²) in [6.07, 6.45) is 1.84. The van der Waals surface area contributed by atoms with E-state index in [0.717, 1.165) is 0 Å². The maximum atomic E-state index is 11.0. The average Bonchev–Trinajstić information content (AvgIpc) is 2.25. The number of aliphatic hydroxyl groups is 1. The minimum atomic E-state index is -3.04. The normalized spacial score (nSPS) is 22.9. The van der Waals surface area contributed by atoms with Gasteiger partial charge in [-0.25, -0.2) is 8.42 Å². The van der Waals surface area contributed by atoms with E-state index >= 15 is 0 Å². The standard InChI is InChI=1S/C10H20O5S/c1-14-10(4-6-15-7-5-10)9(11)3-8-16(2,12)13/h9,11H,3-8H2,1-2H3. The maximum absolute atomic E-state index is 11.0. The number of rotatable bonds is 5. The van der Waals surface area contributed by atoms with Gasteiger partial charge in [0.25, 0.3) is 0 Å². The molecule has 0 saturated carbocycles. The van der Waals surface area contributed by atoms with Crippen LogP contribution in [0.15, 0.2) is 0 Å². The summed E-state index contributed by atoms with van der Waals surface area (Å²) < 4.78 is 32.7. The van der Waals surface area contributed by atoms with Crippen LogP contribution in [0.5, 0.6) is 0 Å². The van der Waals surface area contributed by atoms with Crippen molar-refractivity contribution in [3.05, 3.63) is 0 Å². The molecule has 0 aliphatic carbocycles. The Hall–Kier alpha value is -0.170. The Bertz CT molecular complexity index is 305. The monoisotopic (exact) mass is 252 g/mol. The number of hydrogen-bond donors (Lipinski definition) is 1. The van der Waals surface area contributed by atoms with Crippen molar-refractivity contribution >= 4 is 9.84 Å². The second kappa shape index (κ2) is 5.44. The minimum absolute atomic E-state index is 0.0138. The first-order valence-corrected chi connectivity index (χ1v) is 7.44. The molecule has 96 valence electrons. The highest BCUT2D eigenvalue weighted by atomic mass is 32.2. The zero-order chi connectivity index (χ0) is 12.2. The Morgan fingerprint density at radius 2 is 2.00 bits per heavy atom. The molecule has 1 heterocycles. The average molecular weight is 252 g/mol. The van der Waals surface area contributed by atoms with Gasteiger partial charge in [0, 0.05) is 39.4 Å². The van der Waals surface area contributed by atoms with Crippen molar-refractivity contribution in [1.29, 1.82) is 0 Å². The molecule has 1 rings (SSSR count). The Balaban J connectivity index is 2.58. The lowest BCUT2D eigenvalue weighted by molar-refractivity contribution is -0.152. The molecular weight excluding hydrogens is 232 g/mol. The van der Waals surface area contributed by atoms with Crippen molar-refractivity contribution in [2.24, 2.45) is 0 Å². The first-order valence-electron chi connectivity index (χ1n) is 5.38. The molecule has 1 atom stereocenters. The van der Waals surface area contributed by atoms with Gasteiger partial charge in [-0.05, 0) is 6.42 Å². The van der Waals surface area contributed by atoms with Gasteiger partial charge in [0.05, 0.1) is 17.5 Å². The molecule has 1 saturated heterocycles. The van der Waals surface area contributed by atoms with Gasteiger partial charge in [0.1, 0.15) is 9.84 Å². The van der Waals surface area contributed by atoms with Crippen LogP contribution in [-0.4, -0.2) is 57.6 Å². The molecule has 1 unspecified atom stereocenters. The summed E-state index contributed by atoms with van der Waals surface area (Å²) >= 11 is 0. The minimum Gasteiger partial charge on any atom is -0.390 e. The second-order valence-electron chi connectivity index (χ2n) is 4.32. The van der Waals surface area contributed by atoms with Gasteiger partial charge >= 0.3 is 0 Å². The van der Waals surface area contributed by atoms with E-state index < -0.39 is 21.5 Å². The van der Waals surface area contributed by atoms with Crippen LogP contribution in [0.2, 0.25) is 0 Å². The number of ether oxygens (including phenoxy) is 2. The molecule has 1 aliphatic heterocycles. The molecule has 0 aromatic carbocycles. The first kappa shape index (κ1) is 13.9. The largest absolute Gasteiger partial charge is 0.390 e. The van der Waals surface area contributed by atoms with Gasteiger partial charge in [-0.1, -0.05) is 0 Å². The number of sulfone groups is 1. The van der Waals surface area contributed by atoms with E-state index in [4.69, 9.17) is 9.47 Å². The highest BCUT2D eigenvalue weighted by Gasteiger charge is 2.39. The summed E-state index contributed by atoms with van der Waals surface area (Å²) in [5.41, 5.74) is -0.636. The molecule has 1 N–H and O–H groups in total. The van der Waals surface area contributed by atoms with E-state index in [1.165, 1.54) is 6.26 Å². The first-order chi connectivity index (χ1) is 7.40. The van der Waals surface area contributed by atoms with Crippen molar-refractivity contribution < 1.29 is 23.0 Å². The Morgan fingerprint density at radius 3 is 2.44 bits per heavy atom. The fourth-order valence-corrected chi connectivity index (χ4v) is 2.63. The molecule has 0 aromatic heterocycles. The van der Waals surface area contributed by atoms with Crippen LogP contribution in [0.3, 0.4) is 0 Å². The van der Waals surface area contributed by atoms with Gasteiger partial charge in [-0.2, -0.15) is 0 Å². The molecule has 0 bridgehead atoms. The fraction of sp³-hybridized carbons (Fsp3) is 1.00. The van der Waals surface area contributed by atoms with Crippen molar-refractivity contribution in [2.75, 3.05) is 32.3 Å². The lowest BCUT2D eigenvalue weighted by atomic mass is 9.86. The Labute approximate surface area is 96.7 Å². The van der Waals surface area contributed by atoms with E-state index in [0.29, 0.717) is 26.1 Å². The molecule has 0 aromatic rings. The third-order valence-electron chi connectivity index (χ3n) is 3.12. The molecule has 1 aliphatic rings. The van der Waals surface area contributed by atoms with Gasteiger partial charge < -0.3 is 14.6 Å². The number of methoxy groups -OCH3 is 1. The van der Waals surface area contributed by atoms with E-state index in [9.17, 15) is 13.5 Å². The molecule has 0 amide bonds. The lowest BCUT2D eigenvalue weighted by Gasteiger charge is -2.39. The van der Waals surface area contributed by atoms with Crippen LogP contribution < -0.4 is 0 Å². The third kappa shape index (κ3) is 3.69. The number of aliphatic hydroxyl groups excluding tert-OH is 1. The van der Waals surface area contributed by atoms with Gasteiger partial charge in [-0.3, -0.25) is 0 Å². The van der Waals surface area contributed by atoms with E-state index in [-0.39, 0.29) is 12.2 Å². The summed E-state index contributed by atoms with van der Waals surface area (Å²) in [6, 6.07) is 0. The topological polar surface area (TPSA) is 72.8 Å². The molecule has 0 radical (unpaired) electrons. The van der Waals surface area contributed by atoms with E-state index in [1.54, 1.807) is 7.11 Å². The highest BCUT2D eigenvalue weighted by molar-refractivity contribution is 7.90.